The number of hydrogen-bond donors (Lipinski definition) is 3. The Morgan fingerprint density at radius 1 is 1.26 bits per heavy atom. The van der Waals surface area contributed by atoms with Gasteiger partial charge in [-0.2, -0.15) is 0 Å². The number of rotatable bonds is 3. The van der Waals surface area contributed by atoms with Crippen LogP contribution in [-0.4, -0.2) is 24.5 Å². The lowest BCUT2D eigenvalue weighted by molar-refractivity contribution is -0.117. The highest BCUT2D eigenvalue weighted by atomic mass is 19.1. The molecule has 0 saturated carbocycles. The predicted molar refractivity (Wildman–Crippen MR) is 87.7 cm³/mol. The van der Waals surface area contributed by atoms with Crippen molar-refractivity contribution in [2.24, 2.45) is 5.92 Å². The Kier molecular flexibility index (Phi) is 4.07. The van der Waals surface area contributed by atoms with Crippen LogP contribution in [0.4, 0.5) is 10.1 Å². The maximum atomic E-state index is 14.6. The van der Waals surface area contributed by atoms with E-state index in [-0.39, 0.29) is 11.7 Å². The van der Waals surface area contributed by atoms with E-state index in [0.29, 0.717) is 43.1 Å². The van der Waals surface area contributed by atoms with Gasteiger partial charge in [-0.3, -0.25) is 4.79 Å². The lowest BCUT2D eigenvalue weighted by Gasteiger charge is -2.28. The van der Waals surface area contributed by atoms with Crippen molar-refractivity contribution in [1.82, 2.24) is 10.6 Å². The van der Waals surface area contributed by atoms with E-state index >= 15 is 0 Å². The molecule has 1 aromatic carbocycles. The summed E-state index contributed by atoms with van der Waals surface area (Å²) in [6.45, 7) is 1.50. The van der Waals surface area contributed by atoms with E-state index < -0.39 is 0 Å². The van der Waals surface area contributed by atoms with Crippen LogP contribution >= 0.6 is 0 Å². The number of carbonyl (C=O) groups excluding carboxylic acids is 1. The van der Waals surface area contributed by atoms with Crippen LogP contribution in [0, 0.1) is 11.7 Å². The summed E-state index contributed by atoms with van der Waals surface area (Å²) in [4.78, 5) is 12.3. The molecule has 1 amide bonds. The molecule has 124 valence electrons. The standard InChI is InChI=1S/C18H24FN3O/c19-18-15-5-6-20-10-12(15)1-4-16(18)22-17(23)9-11-7-13-2-3-14(8-11)21-13/h1,4,11,13-14,20-21H,2-3,5-10H2,(H,22,23). The molecule has 0 aromatic heterocycles. The van der Waals surface area contributed by atoms with Gasteiger partial charge in [-0.15, -0.1) is 0 Å². The first-order valence-corrected chi connectivity index (χ1v) is 8.76. The summed E-state index contributed by atoms with van der Waals surface area (Å²) in [6.07, 6.45) is 5.80. The van der Waals surface area contributed by atoms with Crippen molar-refractivity contribution < 1.29 is 9.18 Å². The van der Waals surface area contributed by atoms with Gasteiger partial charge in [-0.05, 0) is 61.8 Å². The maximum absolute atomic E-state index is 14.6. The van der Waals surface area contributed by atoms with Crippen molar-refractivity contribution in [3.8, 4) is 0 Å². The second kappa shape index (κ2) is 6.21. The summed E-state index contributed by atoms with van der Waals surface area (Å²) in [7, 11) is 0. The Hall–Kier alpha value is -1.46. The van der Waals surface area contributed by atoms with Gasteiger partial charge in [0.05, 0.1) is 5.69 Å². The molecular weight excluding hydrogens is 293 g/mol. The van der Waals surface area contributed by atoms with Crippen LogP contribution in [0.2, 0.25) is 0 Å². The minimum atomic E-state index is -0.247. The molecule has 3 heterocycles. The number of amides is 1. The third-order valence-electron chi connectivity index (χ3n) is 5.53. The fourth-order valence-corrected chi connectivity index (χ4v) is 4.44. The monoisotopic (exact) mass is 317 g/mol. The zero-order valence-corrected chi connectivity index (χ0v) is 13.3. The Morgan fingerprint density at radius 3 is 2.83 bits per heavy atom. The molecule has 3 aliphatic rings. The molecule has 2 bridgehead atoms. The quantitative estimate of drug-likeness (QED) is 0.802. The van der Waals surface area contributed by atoms with Gasteiger partial charge in [0.1, 0.15) is 5.82 Å². The molecule has 4 rings (SSSR count). The predicted octanol–water partition coefficient (Wildman–Crippen LogP) is 2.33. The Morgan fingerprint density at radius 2 is 2.04 bits per heavy atom. The number of fused-ring (bicyclic) bond motifs is 3. The highest BCUT2D eigenvalue weighted by Crippen LogP contribution is 2.33. The van der Waals surface area contributed by atoms with Crippen LogP contribution in [0.25, 0.3) is 0 Å². The van der Waals surface area contributed by atoms with Crippen LogP contribution in [0.5, 0.6) is 0 Å². The van der Waals surface area contributed by atoms with Crippen molar-refractivity contribution in [2.45, 2.75) is 57.2 Å². The van der Waals surface area contributed by atoms with Gasteiger partial charge in [0, 0.05) is 25.0 Å². The van der Waals surface area contributed by atoms with Crippen LogP contribution in [0.15, 0.2) is 12.1 Å². The van der Waals surface area contributed by atoms with Gasteiger partial charge in [-0.25, -0.2) is 4.39 Å². The Labute approximate surface area is 136 Å². The molecule has 2 atom stereocenters. The highest BCUT2D eigenvalue weighted by Gasteiger charge is 2.34. The molecule has 1 aromatic rings. The zero-order valence-electron chi connectivity index (χ0n) is 13.3. The van der Waals surface area contributed by atoms with Crippen LogP contribution in [0.1, 0.15) is 43.2 Å². The first-order chi connectivity index (χ1) is 11.2. The molecule has 0 radical (unpaired) electrons. The number of hydrogen-bond acceptors (Lipinski definition) is 3. The summed E-state index contributed by atoms with van der Waals surface area (Å²) in [6, 6.07) is 4.79. The van der Waals surface area contributed by atoms with Gasteiger partial charge in [0.25, 0.3) is 0 Å². The lowest BCUT2D eigenvalue weighted by Crippen LogP contribution is -2.39. The van der Waals surface area contributed by atoms with E-state index in [1.807, 2.05) is 6.07 Å². The third-order valence-corrected chi connectivity index (χ3v) is 5.53. The number of benzene rings is 1. The van der Waals surface area contributed by atoms with Gasteiger partial charge < -0.3 is 16.0 Å². The Bertz CT molecular complexity index is 607. The van der Waals surface area contributed by atoms with E-state index in [2.05, 4.69) is 16.0 Å². The SMILES string of the molecule is O=C(CC1CC2CCC(C1)N2)Nc1ccc2c(c1F)CCNC2. The smallest absolute Gasteiger partial charge is 0.224 e. The molecular formula is C18H24FN3O. The lowest BCUT2D eigenvalue weighted by atomic mass is 9.89. The number of anilines is 1. The summed E-state index contributed by atoms with van der Waals surface area (Å²) < 4.78 is 14.6. The van der Waals surface area contributed by atoms with Crippen molar-refractivity contribution in [3.63, 3.8) is 0 Å². The fourth-order valence-electron chi connectivity index (χ4n) is 4.44. The maximum Gasteiger partial charge on any atom is 0.224 e. The molecule has 4 nitrogen and oxygen atoms in total. The van der Waals surface area contributed by atoms with E-state index in [1.165, 1.54) is 12.8 Å². The summed E-state index contributed by atoms with van der Waals surface area (Å²) >= 11 is 0. The number of carbonyl (C=O) groups is 1. The first-order valence-electron chi connectivity index (χ1n) is 8.76. The molecule has 23 heavy (non-hydrogen) atoms. The molecule has 2 unspecified atom stereocenters. The first kappa shape index (κ1) is 15.1. The highest BCUT2D eigenvalue weighted by molar-refractivity contribution is 5.91. The summed E-state index contributed by atoms with van der Waals surface area (Å²) in [5.74, 6) is 0.130. The van der Waals surface area contributed by atoms with E-state index in [0.717, 1.165) is 30.5 Å². The summed E-state index contributed by atoms with van der Waals surface area (Å²) in [5.41, 5.74) is 2.09. The van der Waals surface area contributed by atoms with Gasteiger partial charge in [-0.1, -0.05) is 6.07 Å². The number of halogens is 1. The average molecular weight is 317 g/mol. The normalized spacial score (nSPS) is 29.2. The van der Waals surface area contributed by atoms with E-state index in [1.54, 1.807) is 6.07 Å². The molecule has 0 aliphatic carbocycles. The van der Waals surface area contributed by atoms with Gasteiger partial charge in [0.15, 0.2) is 0 Å². The van der Waals surface area contributed by atoms with Crippen molar-refractivity contribution in [1.29, 1.82) is 0 Å². The second-order valence-corrected chi connectivity index (χ2v) is 7.22. The number of nitrogens with one attached hydrogen (secondary N) is 3. The number of piperidine rings is 1. The Balaban J connectivity index is 1.41. The van der Waals surface area contributed by atoms with E-state index in [4.69, 9.17) is 0 Å². The largest absolute Gasteiger partial charge is 0.324 e. The van der Waals surface area contributed by atoms with Crippen LogP contribution in [-0.2, 0) is 17.8 Å². The molecule has 2 saturated heterocycles. The zero-order chi connectivity index (χ0) is 15.8. The van der Waals surface area contributed by atoms with Crippen molar-refractivity contribution >= 4 is 11.6 Å². The van der Waals surface area contributed by atoms with Crippen molar-refractivity contribution in [2.75, 3.05) is 11.9 Å². The molecule has 2 fully saturated rings. The van der Waals surface area contributed by atoms with E-state index in [9.17, 15) is 9.18 Å². The van der Waals surface area contributed by atoms with Gasteiger partial charge >= 0.3 is 0 Å². The molecule has 5 heteroatoms. The molecule has 3 aliphatic heterocycles. The van der Waals surface area contributed by atoms with Crippen LogP contribution in [0.3, 0.4) is 0 Å². The van der Waals surface area contributed by atoms with Crippen LogP contribution < -0.4 is 16.0 Å². The average Bonchev–Trinajstić information content (AvgIpc) is 2.89. The minimum absolute atomic E-state index is 0.0518. The van der Waals surface area contributed by atoms with Gasteiger partial charge in [0.2, 0.25) is 5.91 Å². The van der Waals surface area contributed by atoms with Crippen molar-refractivity contribution in [3.05, 3.63) is 29.1 Å². The third kappa shape index (κ3) is 3.12. The summed E-state index contributed by atoms with van der Waals surface area (Å²) in [5, 5.41) is 9.63. The molecule has 0 spiro atoms. The minimum Gasteiger partial charge on any atom is -0.324 e. The molecule has 3 N–H and O–H groups in total. The second-order valence-electron chi connectivity index (χ2n) is 7.22. The fraction of sp³-hybridized carbons (Fsp3) is 0.611. The topological polar surface area (TPSA) is 53.2 Å².